The predicted octanol–water partition coefficient (Wildman–Crippen LogP) is 4.60. The first kappa shape index (κ1) is 16.4. The molecule has 1 aromatic rings. The monoisotopic (exact) mass is 319 g/mol. The number of hydrogen-bond acceptors (Lipinski definition) is 4. The van der Waals surface area contributed by atoms with Crippen LogP contribution in [0.15, 0.2) is 11.1 Å². The van der Waals surface area contributed by atoms with Gasteiger partial charge in [-0.3, -0.25) is 0 Å². The summed E-state index contributed by atoms with van der Waals surface area (Å²) in [5.41, 5.74) is -0.870. The molecule has 0 unspecified atom stereocenters. The van der Waals surface area contributed by atoms with E-state index in [0.717, 1.165) is 18.2 Å². The highest BCUT2D eigenvalue weighted by Gasteiger charge is 2.33. The zero-order valence-corrected chi connectivity index (χ0v) is 12.9. The second kappa shape index (κ2) is 7.33. The second-order valence-corrected chi connectivity index (χ2v) is 6.34. The lowest BCUT2D eigenvalue weighted by molar-refractivity contribution is -0.141. The molecule has 0 saturated heterocycles. The van der Waals surface area contributed by atoms with E-state index >= 15 is 0 Å². The molecule has 1 fully saturated rings. The van der Waals surface area contributed by atoms with Crippen molar-refractivity contribution in [2.75, 3.05) is 17.6 Å². The molecule has 1 aliphatic carbocycles. The molecule has 1 aliphatic rings. The highest BCUT2D eigenvalue weighted by atomic mass is 32.2. The van der Waals surface area contributed by atoms with E-state index in [9.17, 15) is 13.2 Å². The van der Waals surface area contributed by atoms with E-state index in [4.69, 9.17) is 0 Å². The summed E-state index contributed by atoms with van der Waals surface area (Å²) in [6.07, 6.45) is 1.17. The van der Waals surface area contributed by atoms with Crippen molar-refractivity contribution in [1.29, 1.82) is 0 Å². The second-order valence-electron chi connectivity index (χ2n) is 5.30. The highest BCUT2D eigenvalue weighted by molar-refractivity contribution is 7.99. The van der Waals surface area contributed by atoms with Crippen LogP contribution >= 0.6 is 11.8 Å². The first-order chi connectivity index (χ1) is 9.99. The van der Waals surface area contributed by atoms with Crippen LogP contribution in [-0.4, -0.2) is 22.3 Å². The Kier molecular flexibility index (Phi) is 5.72. The summed E-state index contributed by atoms with van der Waals surface area (Å²) in [5.74, 6) is 1.51. The van der Waals surface area contributed by atoms with Gasteiger partial charge in [-0.1, -0.05) is 19.8 Å². The maximum absolute atomic E-state index is 12.9. The number of halogens is 3. The zero-order chi connectivity index (χ0) is 15.3. The zero-order valence-electron chi connectivity index (χ0n) is 12.0. The molecule has 0 amide bonds. The Morgan fingerprint density at radius 2 is 2.00 bits per heavy atom. The van der Waals surface area contributed by atoms with Gasteiger partial charge in [-0.05, 0) is 25.2 Å². The molecule has 3 nitrogen and oxygen atoms in total. The van der Waals surface area contributed by atoms with Gasteiger partial charge in [0.1, 0.15) is 5.03 Å². The first-order valence-electron chi connectivity index (χ1n) is 7.32. The summed E-state index contributed by atoms with van der Waals surface area (Å²) in [4.78, 5) is 7.75. The van der Waals surface area contributed by atoms with Gasteiger partial charge in [0.05, 0.1) is 0 Å². The molecule has 0 bridgehead atoms. The summed E-state index contributed by atoms with van der Waals surface area (Å²) in [6.45, 7) is 2.50. The van der Waals surface area contributed by atoms with Crippen LogP contribution in [0.3, 0.4) is 0 Å². The standard InChI is InChI=1S/C14H20F3N3S/c1-2-7-18-13-19-11(14(15,16)17)8-12(20-13)21-9-10-5-3-4-6-10/h8,10H,2-7,9H2,1H3,(H,18,19,20). The predicted molar refractivity (Wildman–Crippen MR) is 78.5 cm³/mol. The van der Waals surface area contributed by atoms with E-state index in [2.05, 4.69) is 15.3 Å². The van der Waals surface area contributed by atoms with E-state index in [1.807, 2.05) is 6.92 Å². The maximum Gasteiger partial charge on any atom is 0.433 e. The van der Waals surface area contributed by atoms with Crippen LogP contribution in [-0.2, 0) is 6.18 Å². The number of hydrogen-bond donors (Lipinski definition) is 1. The van der Waals surface area contributed by atoms with E-state index in [-0.39, 0.29) is 5.95 Å². The van der Waals surface area contributed by atoms with Crippen molar-refractivity contribution in [3.8, 4) is 0 Å². The number of aromatic nitrogens is 2. The van der Waals surface area contributed by atoms with Gasteiger partial charge in [-0.25, -0.2) is 9.97 Å². The van der Waals surface area contributed by atoms with Gasteiger partial charge in [0.15, 0.2) is 5.69 Å². The minimum Gasteiger partial charge on any atom is -0.354 e. The number of nitrogens with one attached hydrogen (secondary N) is 1. The molecule has 1 heterocycles. The van der Waals surface area contributed by atoms with Crippen LogP contribution in [0, 0.1) is 5.92 Å². The van der Waals surface area contributed by atoms with Crippen LogP contribution < -0.4 is 5.32 Å². The van der Waals surface area contributed by atoms with Crippen molar-refractivity contribution >= 4 is 17.7 Å². The maximum atomic E-state index is 12.9. The summed E-state index contributed by atoms with van der Waals surface area (Å²) < 4.78 is 38.7. The lowest BCUT2D eigenvalue weighted by atomic mass is 10.1. The van der Waals surface area contributed by atoms with Gasteiger partial charge in [-0.15, -0.1) is 11.8 Å². The SMILES string of the molecule is CCCNc1nc(SCC2CCCC2)cc(C(F)(F)F)n1. The smallest absolute Gasteiger partial charge is 0.354 e. The van der Waals surface area contributed by atoms with Crippen LogP contribution in [0.25, 0.3) is 0 Å². The molecular formula is C14H20F3N3S. The van der Waals surface area contributed by atoms with Gasteiger partial charge in [0.2, 0.25) is 5.95 Å². The highest BCUT2D eigenvalue weighted by Crippen LogP contribution is 2.33. The molecule has 0 aliphatic heterocycles. The molecule has 0 aromatic carbocycles. The van der Waals surface area contributed by atoms with Crippen molar-refractivity contribution < 1.29 is 13.2 Å². The van der Waals surface area contributed by atoms with Gasteiger partial charge in [0, 0.05) is 18.4 Å². The topological polar surface area (TPSA) is 37.8 Å². The Bertz CT molecular complexity index is 459. The summed E-state index contributed by atoms with van der Waals surface area (Å²) >= 11 is 1.40. The Morgan fingerprint density at radius 1 is 1.29 bits per heavy atom. The quantitative estimate of drug-likeness (QED) is 0.614. The minimum absolute atomic E-state index is 0.0700. The van der Waals surface area contributed by atoms with E-state index in [1.54, 1.807) is 0 Å². The molecular weight excluding hydrogens is 299 g/mol. The normalized spacial score (nSPS) is 16.4. The lowest BCUT2D eigenvalue weighted by Crippen LogP contribution is -2.13. The average molecular weight is 319 g/mol. The molecule has 118 valence electrons. The van der Waals surface area contributed by atoms with Crippen LogP contribution in [0.4, 0.5) is 19.1 Å². The Morgan fingerprint density at radius 3 is 2.62 bits per heavy atom. The molecule has 0 spiro atoms. The van der Waals surface area contributed by atoms with E-state index in [0.29, 0.717) is 17.5 Å². The van der Waals surface area contributed by atoms with Gasteiger partial charge >= 0.3 is 6.18 Å². The fourth-order valence-corrected chi connectivity index (χ4v) is 3.43. The molecule has 1 saturated carbocycles. The van der Waals surface area contributed by atoms with Crippen molar-refractivity contribution in [3.63, 3.8) is 0 Å². The summed E-state index contributed by atoms with van der Waals surface area (Å²) in [6, 6.07) is 1.05. The van der Waals surface area contributed by atoms with Crippen molar-refractivity contribution in [2.24, 2.45) is 5.92 Å². The van der Waals surface area contributed by atoms with Crippen molar-refractivity contribution in [3.05, 3.63) is 11.8 Å². The fourth-order valence-electron chi connectivity index (χ4n) is 2.34. The fraction of sp³-hybridized carbons (Fsp3) is 0.714. The summed E-state index contributed by atoms with van der Waals surface area (Å²) in [5, 5.41) is 3.25. The van der Waals surface area contributed by atoms with E-state index < -0.39 is 11.9 Å². The number of thioether (sulfide) groups is 1. The van der Waals surface area contributed by atoms with Crippen LogP contribution in [0.5, 0.6) is 0 Å². The van der Waals surface area contributed by atoms with Crippen molar-refractivity contribution in [2.45, 2.75) is 50.2 Å². The van der Waals surface area contributed by atoms with Crippen molar-refractivity contribution in [1.82, 2.24) is 9.97 Å². The third-order valence-corrected chi connectivity index (χ3v) is 4.61. The Hall–Kier alpha value is -0.980. The lowest BCUT2D eigenvalue weighted by Gasteiger charge is -2.12. The third kappa shape index (κ3) is 5.05. The van der Waals surface area contributed by atoms with Crippen LogP contribution in [0.1, 0.15) is 44.7 Å². The number of anilines is 1. The van der Waals surface area contributed by atoms with Gasteiger partial charge in [-0.2, -0.15) is 13.2 Å². The molecule has 0 atom stereocenters. The van der Waals surface area contributed by atoms with Gasteiger partial charge in [0.25, 0.3) is 0 Å². The summed E-state index contributed by atoms with van der Waals surface area (Å²) in [7, 11) is 0. The molecule has 1 N–H and O–H groups in total. The largest absolute Gasteiger partial charge is 0.433 e. The van der Waals surface area contributed by atoms with Gasteiger partial charge < -0.3 is 5.32 Å². The number of rotatable bonds is 6. The number of alkyl halides is 3. The molecule has 7 heteroatoms. The Labute approximate surface area is 127 Å². The van der Waals surface area contributed by atoms with E-state index in [1.165, 1.54) is 37.4 Å². The Balaban J connectivity index is 2.09. The molecule has 2 rings (SSSR count). The molecule has 0 radical (unpaired) electrons. The van der Waals surface area contributed by atoms with Crippen LogP contribution in [0.2, 0.25) is 0 Å². The average Bonchev–Trinajstić information content (AvgIpc) is 2.95. The first-order valence-corrected chi connectivity index (χ1v) is 8.30. The minimum atomic E-state index is -4.44. The molecule has 21 heavy (non-hydrogen) atoms. The molecule has 1 aromatic heterocycles. The third-order valence-electron chi connectivity index (χ3n) is 3.47. The number of nitrogens with zero attached hydrogens (tertiary/aromatic N) is 2.